The van der Waals surface area contributed by atoms with Crippen LogP contribution in [0.5, 0.6) is 5.75 Å². The van der Waals surface area contributed by atoms with E-state index in [2.05, 4.69) is 14.4 Å². The Bertz CT molecular complexity index is 1270. The zero-order valence-corrected chi connectivity index (χ0v) is 16.8. The molecule has 3 aromatic carbocycles. The number of hydrogen-bond acceptors (Lipinski definition) is 7. The lowest BCUT2D eigenvalue weighted by atomic mass is 10.0. The highest BCUT2D eigenvalue weighted by molar-refractivity contribution is 7.87. The topological polar surface area (TPSA) is 126 Å². The van der Waals surface area contributed by atoms with Crippen molar-refractivity contribution in [3.63, 3.8) is 0 Å². The molecule has 10 heteroatoms. The fourth-order valence-corrected chi connectivity index (χ4v) is 3.71. The predicted molar refractivity (Wildman–Crippen MR) is 107 cm³/mol. The molecule has 0 aliphatic heterocycles. The molecule has 150 valence electrons. The van der Waals surface area contributed by atoms with Gasteiger partial charge in [-0.05, 0) is 36.1 Å². The molecule has 0 bridgehead atoms. The van der Waals surface area contributed by atoms with E-state index in [1.54, 1.807) is 31.2 Å². The van der Waals surface area contributed by atoms with Crippen molar-refractivity contribution in [2.24, 2.45) is 10.2 Å². The van der Waals surface area contributed by atoms with Crippen molar-refractivity contribution in [2.75, 3.05) is 7.11 Å². The van der Waals surface area contributed by atoms with E-state index >= 15 is 0 Å². The summed E-state index contributed by atoms with van der Waals surface area (Å²) in [5.41, 5.74) is -0.101. The smallest absolute Gasteiger partial charge is 0.339 e. The largest absolute Gasteiger partial charge is 0.505 e. The number of fused-ring (bicyclic) bond motifs is 1. The number of nitrogens with zero attached hydrogens (tertiary/aromatic N) is 2. The number of carboxylic acid groups (broad SMARTS) is 1. The van der Waals surface area contributed by atoms with Crippen molar-refractivity contribution in [2.45, 2.75) is 11.8 Å². The standard InChI is InChI=1S/C19H15ClN2O6S/c1-10-7-16(29(26,27)28-2)15(9-14(10)20)21-22-17-12-6-4-3-5-11(12)8-13(18(17)23)19(24)25/h3-9,23H,1-2H3,(H,24,25)/b22-21+. The second kappa shape index (κ2) is 7.78. The Kier molecular flexibility index (Phi) is 5.56. The molecule has 8 nitrogen and oxygen atoms in total. The van der Waals surface area contributed by atoms with E-state index in [-0.39, 0.29) is 26.9 Å². The Morgan fingerprint density at radius 3 is 2.48 bits per heavy atom. The molecule has 0 spiro atoms. The van der Waals surface area contributed by atoms with Crippen LogP contribution in [0.3, 0.4) is 0 Å². The maximum absolute atomic E-state index is 12.2. The van der Waals surface area contributed by atoms with Gasteiger partial charge in [0.1, 0.15) is 21.8 Å². The van der Waals surface area contributed by atoms with Crippen LogP contribution in [0.15, 0.2) is 57.6 Å². The second-order valence-corrected chi connectivity index (χ2v) is 8.13. The molecule has 0 aliphatic rings. The third kappa shape index (κ3) is 3.93. The van der Waals surface area contributed by atoms with Crippen LogP contribution >= 0.6 is 11.6 Å². The quantitative estimate of drug-likeness (QED) is 0.432. The Labute approximate surface area is 171 Å². The molecule has 0 aliphatic carbocycles. The minimum atomic E-state index is -4.12. The second-order valence-electron chi connectivity index (χ2n) is 6.04. The lowest BCUT2D eigenvalue weighted by Crippen LogP contribution is -2.03. The average molecular weight is 435 g/mol. The molecule has 3 aromatic rings. The molecule has 0 radical (unpaired) electrons. The molecule has 0 amide bonds. The molecule has 3 rings (SSSR count). The average Bonchev–Trinajstić information content (AvgIpc) is 2.68. The van der Waals surface area contributed by atoms with Crippen LogP contribution in [0, 0.1) is 6.92 Å². The van der Waals surface area contributed by atoms with Crippen LogP contribution in [-0.2, 0) is 14.3 Å². The number of hydrogen-bond donors (Lipinski definition) is 2. The number of carbonyl (C=O) groups is 1. The van der Waals surface area contributed by atoms with Crippen LogP contribution in [0.1, 0.15) is 15.9 Å². The van der Waals surface area contributed by atoms with Gasteiger partial charge in [0.15, 0.2) is 5.75 Å². The SMILES string of the molecule is COS(=O)(=O)c1cc(C)c(Cl)cc1/N=N/c1c(O)c(C(=O)O)cc2ccccc12. The van der Waals surface area contributed by atoms with Crippen LogP contribution in [0.4, 0.5) is 11.4 Å². The number of azo groups is 1. The van der Waals surface area contributed by atoms with E-state index in [4.69, 9.17) is 11.6 Å². The number of phenols is 1. The minimum absolute atomic E-state index is 0.113. The molecule has 0 saturated carbocycles. The highest BCUT2D eigenvalue weighted by Gasteiger charge is 2.21. The summed E-state index contributed by atoms with van der Waals surface area (Å²) < 4.78 is 29.0. The monoisotopic (exact) mass is 434 g/mol. The van der Waals surface area contributed by atoms with E-state index in [0.717, 1.165) is 7.11 Å². The van der Waals surface area contributed by atoms with Crippen molar-refractivity contribution in [3.05, 3.63) is 58.6 Å². The first-order valence-corrected chi connectivity index (χ1v) is 9.95. The molecule has 29 heavy (non-hydrogen) atoms. The number of aryl methyl sites for hydroxylation is 1. The van der Waals surface area contributed by atoms with E-state index in [1.807, 2.05) is 0 Å². The highest BCUT2D eigenvalue weighted by atomic mass is 35.5. The molecular formula is C19H15ClN2O6S. The molecule has 0 aromatic heterocycles. The van der Waals surface area contributed by atoms with Gasteiger partial charge in [-0.15, -0.1) is 10.2 Å². The number of aromatic hydroxyl groups is 1. The van der Waals surface area contributed by atoms with Gasteiger partial charge >= 0.3 is 5.97 Å². The summed E-state index contributed by atoms with van der Waals surface area (Å²) >= 11 is 6.09. The van der Waals surface area contributed by atoms with Gasteiger partial charge in [-0.3, -0.25) is 4.18 Å². The molecule has 2 N–H and O–H groups in total. The number of halogens is 1. The van der Waals surface area contributed by atoms with Crippen molar-refractivity contribution in [3.8, 4) is 5.75 Å². The Balaban J connectivity index is 2.27. The van der Waals surface area contributed by atoms with E-state index in [1.165, 1.54) is 18.2 Å². The van der Waals surface area contributed by atoms with E-state index in [9.17, 15) is 23.4 Å². The highest BCUT2D eigenvalue weighted by Crippen LogP contribution is 2.40. The Morgan fingerprint density at radius 1 is 1.14 bits per heavy atom. The fourth-order valence-electron chi connectivity index (χ4n) is 2.70. The number of carboxylic acids is 1. The van der Waals surface area contributed by atoms with Crippen LogP contribution in [-0.4, -0.2) is 31.7 Å². The maximum atomic E-state index is 12.2. The van der Waals surface area contributed by atoms with Gasteiger partial charge < -0.3 is 10.2 Å². The van der Waals surface area contributed by atoms with Crippen molar-refractivity contribution in [1.82, 2.24) is 0 Å². The number of aromatic carboxylic acids is 1. The van der Waals surface area contributed by atoms with Gasteiger partial charge in [-0.25, -0.2) is 4.79 Å². The number of rotatable bonds is 5. The van der Waals surface area contributed by atoms with Gasteiger partial charge in [0, 0.05) is 10.4 Å². The normalized spacial score (nSPS) is 12.0. The first-order valence-electron chi connectivity index (χ1n) is 8.16. The Hall–Kier alpha value is -3.01. The van der Waals surface area contributed by atoms with Crippen molar-refractivity contribution >= 4 is 49.8 Å². The van der Waals surface area contributed by atoms with E-state index < -0.39 is 21.8 Å². The fraction of sp³-hybridized carbons (Fsp3) is 0.105. The first-order chi connectivity index (χ1) is 13.7. The van der Waals surface area contributed by atoms with Crippen molar-refractivity contribution < 1.29 is 27.6 Å². The Morgan fingerprint density at radius 2 is 1.83 bits per heavy atom. The first kappa shape index (κ1) is 20.7. The maximum Gasteiger partial charge on any atom is 0.339 e. The van der Waals surface area contributed by atoms with Gasteiger partial charge in [-0.2, -0.15) is 8.42 Å². The third-order valence-electron chi connectivity index (χ3n) is 4.21. The molecule has 0 heterocycles. The molecule has 0 fully saturated rings. The molecule has 0 saturated heterocycles. The van der Waals surface area contributed by atoms with Gasteiger partial charge in [0.2, 0.25) is 0 Å². The summed E-state index contributed by atoms with van der Waals surface area (Å²) in [6.45, 7) is 1.62. The summed E-state index contributed by atoms with van der Waals surface area (Å²) in [6.07, 6.45) is 0. The lowest BCUT2D eigenvalue weighted by molar-refractivity contribution is 0.0694. The summed E-state index contributed by atoms with van der Waals surface area (Å²) in [5, 5.41) is 28.8. The summed E-state index contributed by atoms with van der Waals surface area (Å²) in [5.74, 6) is -1.93. The third-order valence-corrected chi connectivity index (χ3v) is 5.92. The van der Waals surface area contributed by atoms with Crippen molar-refractivity contribution in [1.29, 1.82) is 0 Å². The summed E-state index contributed by atoms with van der Waals surface area (Å²) in [7, 11) is -3.11. The van der Waals surface area contributed by atoms with Gasteiger partial charge in [0.05, 0.1) is 7.11 Å². The van der Waals surface area contributed by atoms with Crippen LogP contribution < -0.4 is 0 Å². The van der Waals surface area contributed by atoms with Crippen LogP contribution in [0.2, 0.25) is 5.02 Å². The molecule has 0 atom stereocenters. The van der Waals surface area contributed by atoms with E-state index in [0.29, 0.717) is 16.3 Å². The summed E-state index contributed by atoms with van der Waals surface area (Å²) in [4.78, 5) is 11.2. The van der Waals surface area contributed by atoms with Gasteiger partial charge in [0.25, 0.3) is 10.1 Å². The van der Waals surface area contributed by atoms with Crippen LogP contribution in [0.25, 0.3) is 10.8 Å². The molecule has 0 unspecified atom stereocenters. The lowest BCUT2D eigenvalue weighted by Gasteiger charge is -2.09. The summed E-state index contributed by atoms with van der Waals surface area (Å²) in [6, 6.07) is 10.6. The molecular weight excluding hydrogens is 420 g/mol. The van der Waals surface area contributed by atoms with Gasteiger partial charge in [-0.1, -0.05) is 35.9 Å². The zero-order valence-electron chi connectivity index (χ0n) is 15.2. The zero-order chi connectivity index (χ0) is 21.3. The minimum Gasteiger partial charge on any atom is -0.505 e. The predicted octanol–water partition coefficient (Wildman–Crippen LogP) is 4.96. The number of benzene rings is 3.